The molecule has 0 saturated heterocycles. The molecule has 1 atom stereocenters. The molecule has 2 rings (SSSR count). The van der Waals surface area contributed by atoms with E-state index < -0.39 is 16.4 Å². The van der Waals surface area contributed by atoms with Gasteiger partial charge in [-0.15, -0.1) is 11.3 Å². The summed E-state index contributed by atoms with van der Waals surface area (Å²) in [6.45, 7) is 15.3. The van der Waals surface area contributed by atoms with Crippen LogP contribution in [0.1, 0.15) is 76.0 Å². The molecule has 0 aliphatic rings. The van der Waals surface area contributed by atoms with Crippen LogP contribution >= 0.6 is 11.3 Å². The Hall–Kier alpha value is -1.99. The molecule has 0 spiro atoms. The maximum absolute atomic E-state index is 12.6. The predicted molar refractivity (Wildman–Crippen MR) is 132 cm³/mol. The first kappa shape index (κ1) is 26.3. The van der Waals surface area contributed by atoms with E-state index in [2.05, 4.69) is 36.8 Å². The SMILES string of the molecule is CCC(CC)(c1ccc(OCC(=O)C(C)(C)C)c(C)c1)c1cc(C)c(S(=O)NC(C)=O)s1. The van der Waals surface area contributed by atoms with Gasteiger partial charge < -0.3 is 4.74 Å². The molecule has 7 heteroatoms. The van der Waals surface area contributed by atoms with Gasteiger partial charge in [0.25, 0.3) is 0 Å². The number of hydrogen-bond donors (Lipinski definition) is 1. The molecular formula is C25H35NO4S2. The van der Waals surface area contributed by atoms with E-state index in [-0.39, 0.29) is 23.7 Å². The summed E-state index contributed by atoms with van der Waals surface area (Å²) < 4.78 is 21.6. The molecule has 0 saturated carbocycles. The number of ether oxygens (including phenoxy) is 1. The Bertz CT molecular complexity index is 1010. The molecule has 32 heavy (non-hydrogen) atoms. The number of Topliss-reactive ketones (excluding diaryl/α,β-unsaturated/α-hetero) is 1. The first-order valence-electron chi connectivity index (χ1n) is 10.9. The van der Waals surface area contributed by atoms with Crippen molar-refractivity contribution in [3.63, 3.8) is 0 Å². The van der Waals surface area contributed by atoms with E-state index in [9.17, 15) is 13.8 Å². The van der Waals surface area contributed by atoms with Gasteiger partial charge in [-0.25, -0.2) is 4.21 Å². The lowest BCUT2D eigenvalue weighted by Gasteiger charge is -2.32. The second kappa shape index (κ2) is 10.3. The van der Waals surface area contributed by atoms with Crippen molar-refractivity contribution in [1.29, 1.82) is 0 Å². The fourth-order valence-corrected chi connectivity index (χ4v) is 6.34. The monoisotopic (exact) mass is 477 g/mol. The number of thiophene rings is 1. The Morgan fingerprint density at radius 2 is 1.69 bits per heavy atom. The molecule has 1 unspecified atom stereocenters. The van der Waals surface area contributed by atoms with E-state index in [0.29, 0.717) is 9.96 Å². The highest BCUT2D eigenvalue weighted by molar-refractivity contribution is 7.86. The van der Waals surface area contributed by atoms with Gasteiger partial charge in [0, 0.05) is 22.6 Å². The highest BCUT2D eigenvalue weighted by atomic mass is 32.2. The second-order valence-electron chi connectivity index (χ2n) is 9.24. The van der Waals surface area contributed by atoms with Crippen LogP contribution in [0.15, 0.2) is 28.5 Å². The Labute approximate surface area is 198 Å². The number of rotatable bonds is 9. The van der Waals surface area contributed by atoms with Crippen LogP contribution in [0.4, 0.5) is 0 Å². The van der Waals surface area contributed by atoms with Crippen LogP contribution in [0.3, 0.4) is 0 Å². The molecule has 1 N–H and O–H groups in total. The quantitative estimate of drug-likeness (QED) is 0.508. The molecule has 2 aromatic rings. The van der Waals surface area contributed by atoms with Gasteiger partial charge in [-0.1, -0.05) is 46.8 Å². The van der Waals surface area contributed by atoms with Crippen molar-refractivity contribution >= 4 is 34.0 Å². The average Bonchev–Trinajstić information content (AvgIpc) is 3.09. The van der Waals surface area contributed by atoms with Gasteiger partial charge in [-0.3, -0.25) is 14.3 Å². The third-order valence-corrected chi connectivity index (χ3v) is 8.95. The minimum atomic E-state index is -1.56. The third kappa shape index (κ3) is 5.67. The average molecular weight is 478 g/mol. The van der Waals surface area contributed by atoms with Gasteiger partial charge in [0.15, 0.2) is 16.8 Å². The zero-order valence-corrected chi connectivity index (χ0v) is 22.0. The van der Waals surface area contributed by atoms with Crippen molar-refractivity contribution in [3.8, 4) is 5.75 Å². The van der Waals surface area contributed by atoms with E-state index in [4.69, 9.17) is 4.74 Å². The van der Waals surface area contributed by atoms with Crippen molar-refractivity contribution in [3.05, 3.63) is 45.8 Å². The first-order chi connectivity index (χ1) is 14.9. The number of nitrogens with one attached hydrogen (secondary N) is 1. The predicted octanol–water partition coefficient (Wildman–Crippen LogP) is 5.62. The second-order valence-corrected chi connectivity index (χ2v) is 11.7. The highest BCUT2D eigenvalue weighted by Gasteiger charge is 2.34. The smallest absolute Gasteiger partial charge is 0.228 e. The Kier molecular flexibility index (Phi) is 8.45. The van der Waals surface area contributed by atoms with E-state index in [1.54, 1.807) is 0 Å². The van der Waals surface area contributed by atoms with Gasteiger partial charge in [-0.2, -0.15) is 0 Å². The van der Waals surface area contributed by atoms with Crippen LogP contribution in [0.5, 0.6) is 5.75 Å². The van der Waals surface area contributed by atoms with Crippen LogP contribution in [-0.4, -0.2) is 22.5 Å². The minimum absolute atomic E-state index is 0.0544. The summed E-state index contributed by atoms with van der Waals surface area (Å²) in [6, 6.07) is 8.23. The number of benzene rings is 1. The number of amides is 1. The lowest BCUT2D eigenvalue weighted by Crippen LogP contribution is -2.27. The van der Waals surface area contributed by atoms with Crippen LogP contribution in [0.2, 0.25) is 0 Å². The van der Waals surface area contributed by atoms with Crippen LogP contribution < -0.4 is 9.46 Å². The molecule has 1 heterocycles. The summed E-state index contributed by atoms with van der Waals surface area (Å²) in [5, 5.41) is 0. The molecule has 0 aliphatic heterocycles. The Balaban J connectivity index is 2.40. The summed E-state index contributed by atoms with van der Waals surface area (Å²) in [7, 11) is -1.56. The number of carbonyl (C=O) groups excluding carboxylic acids is 2. The van der Waals surface area contributed by atoms with Gasteiger partial charge in [-0.05, 0) is 55.5 Å². The molecule has 1 aromatic heterocycles. The Morgan fingerprint density at radius 1 is 1.06 bits per heavy atom. The molecule has 1 aromatic carbocycles. The van der Waals surface area contributed by atoms with Crippen LogP contribution in [-0.2, 0) is 26.0 Å². The maximum atomic E-state index is 12.6. The van der Waals surface area contributed by atoms with Crippen molar-refractivity contribution in [2.75, 3.05) is 6.61 Å². The number of hydrogen-bond acceptors (Lipinski definition) is 5. The van der Waals surface area contributed by atoms with E-state index in [1.807, 2.05) is 40.7 Å². The molecule has 0 bridgehead atoms. The summed E-state index contributed by atoms with van der Waals surface area (Å²) >= 11 is 1.50. The van der Waals surface area contributed by atoms with Crippen molar-refractivity contribution < 1.29 is 18.5 Å². The number of ketones is 1. The fourth-order valence-electron chi connectivity index (χ4n) is 3.68. The first-order valence-corrected chi connectivity index (χ1v) is 12.9. The van der Waals surface area contributed by atoms with Crippen molar-refractivity contribution in [2.45, 2.75) is 77.9 Å². The van der Waals surface area contributed by atoms with E-state index in [0.717, 1.165) is 34.4 Å². The lowest BCUT2D eigenvalue weighted by molar-refractivity contribution is -0.128. The van der Waals surface area contributed by atoms with Crippen LogP contribution in [0.25, 0.3) is 0 Å². The number of carbonyl (C=O) groups is 2. The largest absolute Gasteiger partial charge is 0.486 e. The fraction of sp³-hybridized carbons (Fsp3) is 0.520. The molecule has 176 valence electrons. The van der Waals surface area contributed by atoms with Gasteiger partial charge >= 0.3 is 0 Å². The van der Waals surface area contributed by atoms with Gasteiger partial charge in [0.05, 0.1) is 0 Å². The van der Waals surface area contributed by atoms with Gasteiger partial charge in [0.1, 0.15) is 16.6 Å². The highest BCUT2D eigenvalue weighted by Crippen LogP contribution is 2.44. The third-order valence-electron chi connectivity index (χ3n) is 5.88. The maximum Gasteiger partial charge on any atom is 0.228 e. The summed E-state index contributed by atoms with van der Waals surface area (Å²) in [5.74, 6) is 0.458. The Morgan fingerprint density at radius 3 is 2.19 bits per heavy atom. The van der Waals surface area contributed by atoms with Crippen molar-refractivity contribution in [2.24, 2.45) is 5.41 Å². The molecule has 5 nitrogen and oxygen atoms in total. The normalized spacial score (nSPS) is 13.0. The minimum Gasteiger partial charge on any atom is -0.486 e. The molecular weight excluding hydrogens is 442 g/mol. The van der Waals surface area contributed by atoms with Gasteiger partial charge in [0.2, 0.25) is 5.91 Å². The zero-order chi connectivity index (χ0) is 24.3. The van der Waals surface area contributed by atoms with Crippen LogP contribution in [0, 0.1) is 19.3 Å². The molecule has 1 amide bonds. The summed E-state index contributed by atoms with van der Waals surface area (Å²) in [6.07, 6.45) is 1.75. The summed E-state index contributed by atoms with van der Waals surface area (Å²) in [5.41, 5.74) is 2.39. The zero-order valence-electron chi connectivity index (χ0n) is 20.4. The summed E-state index contributed by atoms with van der Waals surface area (Å²) in [4.78, 5) is 24.7. The molecule has 0 fully saturated rings. The molecule has 0 aliphatic carbocycles. The van der Waals surface area contributed by atoms with E-state index in [1.165, 1.54) is 18.3 Å². The number of aryl methyl sites for hydroxylation is 2. The molecule has 0 radical (unpaired) electrons. The standard InChI is InChI=1S/C25H35NO4S2/c1-9-25(10-2,22-14-17(4)23(31-22)32(29)26-18(5)27)19-11-12-20(16(3)13-19)30-15-21(28)24(6,7)8/h11-14H,9-10,15H2,1-8H3,(H,26,27). The topological polar surface area (TPSA) is 72.5 Å². The van der Waals surface area contributed by atoms with E-state index >= 15 is 0 Å². The van der Waals surface area contributed by atoms with Crippen molar-refractivity contribution in [1.82, 2.24) is 4.72 Å². The lowest BCUT2D eigenvalue weighted by atomic mass is 9.74.